The number of aliphatic imine (C=N–C) groups is 1. The van der Waals surface area contributed by atoms with Gasteiger partial charge in [-0.15, -0.1) is 0 Å². The molecule has 43 heavy (non-hydrogen) atoms. The number of benzene rings is 3. The number of hydrogen-bond donors (Lipinski definition) is 3. The van der Waals surface area contributed by atoms with Crippen molar-refractivity contribution in [2.45, 2.75) is 6.29 Å². The molecule has 3 aromatic carbocycles. The van der Waals surface area contributed by atoms with Crippen LogP contribution in [-0.2, 0) is 9.53 Å². The van der Waals surface area contributed by atoms with Gasteiger partial charge in [-0.05, 0) is 61.6 Å². The van der Waals surface area contributed by atoms with Crippen molar-refractivity contribution in [2.24, 2.45) is 4.99 Å². The highest BCUT2D eigenvalue weighted by Crippen LogP contribution is 2.37. The van der Waals surface area contributed by atoms with Crippen molar-refractivity contribution in [2.75, 3.05) is 65.6 Å². The van der Waals surface area contributed by atoms with E-state index in [-0.39, 0.29) is 18.6 Å². The second-order valence-corrected chi connectivity index (χ2v) is 10.8. The lowest BCUT2D eigenvalue weighted by molar-refractivity contribution is -0.119. The third kappa shape index (κ3) is 5.93. The number of likely N-dealkylation sites (N-methyl/N-ethyl adjacent to an activating group) is 2. The molecule has 3 heterocycles. The van der Waals surface area contributed by atoms with Crippen LogP contribution in [0.15, 0.2) is 65.7 Å². The maximum absolute atomic E-state index is 13.0. The molecule has 6 rings (SSSR count). The summed E-state index contributed by atoms with van der Waals surface area (Å²) in [6, 6.07) is 18.2. The number of aliphatic hydroxyl groups is 1. The molecule has 1 unspecified atom stereocenters. The fourth-order valence-electron chi connectivity index (χ4n) is 5.36. The first-order valence-corrected chi connectivity index (χ1v) is 14.1. The van der Waals surface area contributed by atoms with Crippen LogP contribution in [0.25, 0.3) is 10.9 Å². The summed E-state index contributed by atoms with van der Waals surface area (Å²) in [4.78, 5) is 27.1. The lowest BCUT2D eigenvalue weighted by Gasteiger charge is -2.32. The Bertz CT molecular complexity index is 1660. The number of aromatic amines is 1. The highest BCUT2D eigenvalue weighted by Gasteiger charge is 2.23. The number of H-pyrrole nitrogens is 1. The van der Waals surface area contributed by atoms with E-state index in [0.29, 0.717) is 57.0 Å². The number of methoxy groups -OCH3 is 1. The fraction of sp³-hybridized carbons (Fsp3) is 0.312. The summed E-state index contributed by atoms with van der Waals surface area (Å²) >= 11 is 0. The molecule has 0 aliphatic carbocycles. The third-order valence-corrected chi connectivity index (χ3v) is 8.00. The second-order valence-electron chi connectivity index (χ2n) is 10.8. The van der Waals surface area contributed by atoms with Gasteiger partial charge in [0.05, 0.1) is 23.5 Å². The molecule has 0 spiro atoms. The number of amides is 1. The number of hydrogen-bond acceptors (Lipinski definition) is 9. The van der Waals surface area contributed by atoms with Crippen molar-refractivity contribution in [3.05, 3.63) is 77.4 Å². The first-order chi connectivity index (χ1) is 20.8. The monoisotopic (exact) mass is 585 g/mol. The van der Waals surface area contributed by atoms with Gasteiger partial charge in [-0.1, -0.05) is 6.07 Å². The molecule has 1 saturated heterocycles. The number of aliphatic hydroxyl groups excluding tert-OH is 1. The van der Waals surface area contributed by atoms with E-state index < -0.39 is 6.29 Å². The zero-order valence-corrected chi connectivity index (χ0v) is 24.4. The quantitative estimate of drug-likeness (QED) is 0.212. The van der Waals surface area contributed by atoms with Crippen LogP contribution in [0.1, 0.15) is 23.0 Å². The Morgan fingerprint density at radius 2 is 1.79 bits per heavy atom. The van der Waals surface area contributed by atoms with E-state index in [1.807, 2.05) is 42.5 Å². The lowest BCUT2D eigenvalue weighted by Crippen LogP contribution is -2.48. The number of rotatable bonds is 8. The first kappa shape index (κ1) is 28.7. The van der Waals surface area contributed by atoms with Crippen LogP contribution in [-0.4, -0.2) is 97.3 Å². The van der Waals surface area contributed by atoms with Gasteiger partial charge in [-0.25, -0.2) is 4.99 Å². The summed E-state index contributed by atoms with van der Waals surface area (Å²) in [5.74, 6) is 1.17. The highest BCUT2D eigenvalue weighted by molar-refractivity contribution is 6.22. The number of piperazine rings is 1. The summed E-state index contributed by atoms with van der Waals surface area (Å²) in [6.45, 7) is 4.16. The van der Waals surface area contributed by atoms with Crippen LogP contribution in [0.4, 0.5) is 11.4 Å². The van der Waals surface area contributed by atoms with Crippen molar-refractivity contribution in [1.29, 1.82) is 0 Å². The summed E-state index contributed by atoms with van der Waals surface area (Å²) < 4.78 is 16.2. The van der Waals surface area contributed by atoms with E-state index >= 15 is 0 Å². The van der Waals surface area contributed by atoms with Gasteiger partial charge < -0.3 is 39.2 Å². The van der Waals surface area contributed by atoms with Crippen LogP contribution in [0.3, 0.4) is 0 Å². The Kier molecular flexibility index (Phi) is 8.04. The van der Waals surface area contributed by atoms with E-state index in [1.165, 1.54) is 7.11 Å². The predicted molar refractivity (Wildman–Crippen MR) is 164 cm³/mol. The topological polar surface area (TPSA) is 123 Å². The van der Waals surface area contributed by atoms with Crippen molar-refractivity contribution in [3.8, 4) is 17.4 Å². The van der Waals surface area contributed by atoms with Gasteiger partial charge in [-0.2, -0.15) is 0 Å². The SMILES string of the molecule is COC(O)c1ccc2[nH]c(O)c(C(=Nc3ccc(N(C)C(=O)CN4CCN(C)CC4)cc3)c3ccc4c(c3)OCO4)c2c1. The molecule has 4 aromatic rings. The van der Waals surface area contributed by atoms with Crippen molar-refractivity contribution >= 4 is 33.9 Å². The van der Waals surface area contributed by atoms with Crippen molar-refractivity contribution in [1.82, 2.24) is 14.8 Å². The minimum absolute atomic E-state index is 0.0274. The van der Waals surface area contributed by atoms with Gasteiger partial charge in [0.2, 0.25) is 12.7 Å². The van der Waals surface area contributed by atoms with Gasteiger partial charge in [0, 0.05) is 68.1 Å². The van der Waals surface area contributed by atoms with Gasteiger partial charge in [0.1, 0.15) is 0 Å². The maximum atomic E-state index is 13.0. The molecule has 2 aliphatic heterocycles. The highest BCUT2D eigenvalue weighted by atomic mass is 16.7. The predicted octanol–water partition coefficient (Wildman–Crippen LogP) is 3.62. The second kappa shape index (κ2) is 12.1. The van der Waals surface area contributed by atoms with Crippen LogP contribution in [0.5, 0.6) is 17.4 Å². The standard InChI is InChI=1S/C32H35N5O6/c1-35-12-14-37(15-13-35)18-28(38)36(2)23-8-6-22(7-9-23)33-30(20-5-11-26-27(17-20)43-19-42-26)29-24-16-21(32(40)41-3)4-10-25(24)34-31(29)39/h4-11,16-17,32,34,39-40H,12-15,18-19H2,1-3H3. The molecule has 1 aromatic heterocycles. The van der Waals surface area contributed by atoms with Gasteiger partial charge in [-0.3, -0.25) is 9.69 Å². The van der Waals surface area contributed by atoms with Crippen molar-refractivity contribution in [3.63, 3.8) is 0 Å². The zero-order valence-electron chi connectivity index (χ0n) is 24.4. The van der Waals surface area contributed by atoms with E-state index in [9.17, 15) is 15.0 Å². The normalized spacial score (nSPS) is 16.5. The van der Waals surface area contributed by atoms with Crippen LogP contribution in [0.2, 0.25) is 0 Å². The molecule has 11 heteroatoms. The number of aromatic nitrogens is 1. The number of nitrogens with zero attached hydrogens (tertiary/aromatic N) is 4. The number of carbonyl (C=O) groups is 1. The van der Waals surface area contributed by atoms with Crippen LogP contribution < -0.4 is 14.4 Å². The molecular formula is C32H35N5O6. The van der Waals surface area contributed by atoms with E-state index in [1.54, 1.807) is 30.1 Å². The van der Waals surface area contributed by atoms with Crippen LogP contribution in [0, 0.1) is 0 Å². The van der Waals surface area contributed by atoms with E-state index in [0.717, 1.165) is 31.9 Å². The summed E-state index contributed by atoms with van der Waals surface area (Å²) in [6.07, 6.45) is -1.12. The minimum atomic E-state index is -1.12. The molecule has 2 aliphatic rings. The minimum Gasteiger partial charge on any atom is -0.494 e. The number of anilines is 1. The largest absolute Gasteiger partial charge is 0.494 e. The molecule has 0 bridgehead atoms. The van der Waals surface area contributed by atoms with Gasteiger partial charge in [0.25, 0.3) is 0 Å². The number of fused-ring (bicyclic) bond motifs is 2. The lowest BCUT2D eigenvalue weighted by atomic mass is 9.99. The van der Waals surface area contributed by atoms with Gasteiger partial charge >= 0.3 is 0 Å². The Balaban J connectivity index is 1.35. The number of carbonyl (C=O) groups excluding carboxylic acids is 1. The fourth-order valence-corrected chi connectivity index (χ4v) is 5.36. The zero-order chi connectivity index (χ0) is 30.1. The van der Waals surface area contributed by atoms with Crippen LogP contribution >= 0.6 is 0 Å². The molecule has 11 nitrogen and oxygen atoms in total. The molecule has 1 atom stereocenters. The van der Waals surface area contributed by atoms with Crippen molar-refractivity contribution < 1.29 is 29.2 Å². The number of nitrogens with one attached hydrogen (secondary N) is 1. The average Bonchev–Trinajstić information content (AvgIpc) is 3.63. The van der Waals surface area contributed by atoms with E-state index in [2.05, 4.69) is 21.8 Å². The molecule has 1 amide bonds. The molecule has 1 fully saturated rings. The Labute approximate surface area is 249 Å². The first-order valence-electron chi connectivity index (χ1n) is 14.1. The Hall–Kier alpha value is -4.42. The molecule has 3 N–H and O–H groups in total. The maximum Gasteiger partial charge on any atom is 0.240 e. The average molecular weight is 586 g/mol. The number of ether oxygens (including phenoxy) is 3. The van der Waals surface area contributed by atoms with Gasteiger partial charge in [0.15, 0.2) is 23.7 Å². The Morgan fingerprint density at radius 3 is 2.53 bits per heavy atom. The Morgan fingerprint density at radius 1 is 1.05 bits per heavy atom. The summed E-state index contributed by atoms with van der Waals surface area (Å²) in [5.41, 5.74) is 4.23. The number of aromatic hydroxyl groups is 1. The molecular weight excluding hydrogens is 550 g/mol. The molecule has 224 valence electrons. The summed E-state index contributed by atoms with van der Waals surface area (Å²) in [7, 11) is 5.30. The smallest absolute Gasteiger partial charge is 0.240 e. The third-order valence-electron chi connectivity index (χ3n) is 8.00. The van der Waals surface area contributed by atoms with E-state index in [4.69, 9.17) is 19.2 Å². The molecule has 0 radical (unpaired) electrons. The summed E-state index contributed by atoms with van der Waals surface area (Å²) in [5, 5.41) is 22.1. The molecule has 0 saturated carbocycles.